The number of unbranched alkanes of at least 4 members (excludes halogenated alkanes) is 1. The lowest BCUT2D eigenvalue weighted by atomic mass is 9.97. The lowest BCUT2D eigenvalue weighted by Gasteiger charge is -2.34. The van der Waals surface area contributed by atoms with E-state index < -0.39 is 12.1 Å². The molecule has 6 aromatic rings. The number of rotatable bonds is 36. The van der Waals surface area contributed by atoms with Crippen molar-refractivity contribution in [3.63, 3.8) is 0 Å². The molecule has 87 heavy (non-hydrogen) atoms. The lowest BCUT2D eigenvalue weighted by molar-refractivity contribution is -0.142. The van der Waals surface area contributed by atoms with Gasteiger partial charge < -0.3 is 58.7 Å². The Morgan fingerprint density at radius 3 is 2.21 bits per heavy atom. The van der Waals surface area contributed by atoms with Gasteiger partial charge in [-0.2, -0.15) is 5.10 Å². The van der Waals surface area contributed by atoms with Crippen LogP contribution >= 0.6 is 22.9 Å². The smallest absolute Gasteiger partial charge is 0.325 e. The number of nitrogens with one attached hydrogen (secondary N) is 3. The maximum atomic E-state index is 14.2. The molecule has 8 rings (SSSR count). The minimum absolute atomic E-state index is 0.0459. The summed E-state index contributed by atoms with van der Waals surface area (Å²) < 4.78 is 38.3. The first kappa shape index (κ1) is 65.9. The highest BCUT2D eigenvalue weighted by atomic mass is 35.5. The van der Waals surface area contributed by atoms with Crippen molar-refractivity contribution in [2.24, 2.45) is 13.0 Å². The number of amides is 5. The van der Waals surface area contributed by atoms with Crippen LogP contribution in [0.3, 0.4) is 0 Å². The van der Waals surface area contributed by atoms with Crippen molar-refractivity contribution in [3.8, 4) is 11.5 Å². The van der Waals surface area contributed by atoms with Gasteiger partial charge in [-0.05, 0) is 124 Å². The summed E-state index contributed by atoms with van der Waals surface area (Å²) in [5.41, 5.74) is 4.52. The summed E-state index contributed by atoms with van der Waals surface area (Å²) in [6, 6.07) is 22.8. The van der Waals surface area contributed by atoms with Crippen LogP contribution in [0.25, 0.3) is 0 Å². The van der Waals surface area contributed by atoms with Crippen molar-refractivity contribution in [1.82, 2.24) is 54.7 Å². The number of benzene rings is 3. The van der Waals surface area contributed by atoms with Crippen LogP contribution in [0.1, 0.15) is 66.4 Å². The minimum Gasteiger partial charge on any atom is -0.494 e. The van der Waals surface area contributed by atoms with Crippen molar-refractivity contribution >= 4 is 57.5 Å². The molecule has 5 amide bonds. The Morgan fingerprint density at radius 2 is 1.46 bits per heavy atom. The monoisotopic (exact) mass is 1240 g/mol. The predicted molar refractivity (Wildman–Crippen MR) is 332 cm³/mol. The fraction of sp³-hybridized carbons (Fsp3) is 0.516. The second-order valence-electron chi connectivity index (χ2n) is 21.8. The first-order valence-electron chi connectivity index (χ1n) is 30.0. The van der Waals surface area contributed by atoms with Gasteiger partial charge in [0.05, 0.1) is 76.3 Å². The Bertz CT molecular complexity index is 3010. The van der Waals surface area contributed by atoms with Crippen molar-refractivity contribution in [3.05, 3.63) is 130 Å². The minimum atomic E-state index is -0.885. The van der Waals surface area contributed by atoms with Gasteiger partial charge in [-0.1, -0.05) is 41.1 Å². The van der Waals surface area contributed by atoms with Gasteiger partial charge in [-0.25, -0.2) is 14.5 Å². The number of halogens is 1. The van der Waals surface area contributed by atoms with Crippen molar-refractivity contribution in [1.29, 1.82) is 0 Å². The highest BCUT2D eigenvalue weighted by molar-refractivity contribution is 7.14. The van der Waals surface area contributed by atoms with Gasteiger partial charge in [0.2, 0.25) is 17.7 Å². The second kappa shape index (κ2) is 35.7. The Labute approximate surface area is 518 Å². The molecule has 2 aliphatic heterocycles. The number of hydrogen-bond donors (Lipinski definition) is 3. The summed E-state index contributed by atoms with van der Waals surface area (Å²) in [4.78, 5) is 66.0. The molecule has 3 aromatic heterocycles. The number of carbonyl (C=O) groups is 4. The molecular weight excluding hydrogens is 1150 g/mol. The predicted octanol–water partition coefficient (Wildman–Crippen LogP) is 6.79. The number of aryl methyl sites for hydroxylation is 2. The lowest BCUT2D eigenvalue weighted by Crippen LogP contribution is -2.47. The summed E-state index contributed by atoms with van der Waals surface area (Å²) in [5, 5.41) is 24.5. The Kier molecular flexibility index (Phi) is 27.1. The van der Waals surface area contributed by atoms with Crippen molar-refractivity contribution in [2.45, 2.75) is 70.5 Å². The Hall–Kier alpha value is -7.03. The van der Waals surface area contributed by atoms with Gasteiger partial charge in [0.25, 0.3) is 0 Å². The van der Waals surface area contributed by atoms with Crippen LogP contribution in [0.4, 0.5) is 15.6 Å². The van der Waals surface area contributed by atoms with E-state index in [0.717, 1.165) is 74.4 Å². The van der Waals surface area contributed by atoms with E-state index >= 15 is 0 Å². The number of likely N-dealkylation sites (N-methyl/N-ethyl adjacent to an activating group) is 2. The van der Waals surface area contributed by atoms with Gasteiger partial charge in [0.1, 0.15) is 18.1 Å². The molecule has 0 saturated carbocycles. The molecule has 25 heteroatoms. The molecule has 0 aliphatic carbocycles. The SMILES string of the molecule is CN(CCCCOc1ccc(CCC(=O)N(CC2CCOCC2)C(C(=O)NCc2ccc(Cl)cc2)c2ccn(C)n2)cc1)CCOCCOCCc1cn(CCOCCOc2ccc(NC(=O)Nc3nc(CC(=O)N4CCN(C)CC4)cs3)cc2)nn1. The number of aromatic nitrogens is 6. The van der Waals surface area contributed by atoms with Crippen LogP contribution in [-0.2, 0) is 72.7 Å². The Morgan fingerprint density at radius 1 is 0.759 bits per heavy atom. The van der Waals surface area contributed by atoms with E-state index in [-0.39, 0.29) is 36.5 Å². The zero-order valence-corrected chi connectivity index (χ0v) is 51.9. The van der Waals surface area contributed by atoms with Crippen LogP contribution < -0.4 is 25.4 Å². The molecule has 1 unspecified atom stereocenters. The maximum Gasteiger partial charge on any atom is 0.325 e. The topological polar surface area (TPSA) is 234 Å². The van der Waals surface area contributed by atoms with E-state index in [9.17, 15) is 19.2 Å². The van der Waals surface area contributed by atoms with Gasteiger partial charge in [-0.3, -0.25) is 24.4 Å². The summed E-state index contributed by atoms with van der Waals surface area (Å²) in [5.74, 6) is 1.31. The third-order valence-corrected chi connectivity index (χ3v) is 16.0. The fourth-order valence-corrected chi connectivity index (χ4v) is 10.6. The van der Waals surface area contributed by atoms with Gasteiger partial charge in [-0.15, -0.1) is 16.4 Å². The first-order valence-corrected chi connectivity index (χ1v) is 31.3. The molecule has 3 aromatic carbocycles. The molecule has 5 heterocycles. The average molecular weight is 1240 g/mol. The van der Waals surface area contributed by atoms with Crippen LogP contribution in [0.2, 0.25) is 5.02 Å². The van der Waals surface area contributed by atoms with Crippen molar-refractivity contribution < 1.29 is 47.6 Å². The first-order chi connectivity index (χ1) is 42.4. The number of carbonyl (C=O) groups excluding carboxylic acids is 4. The third-order valence-electron chi connectivity index (χ3n) is 14.9. The number of piperazine rings is 1. The number of ether oxygens (including phenoxy) is 6. The van der Waals surface area contributed by atoms with E-state index in [0.29, 0.717) is 145 Å². The maximum absolute atomic E-state index is 14.2. The standard InChI is InChI=1S/C62H84ClN13O10S/c1-71(24-4-5-32-85-54-15-8-47(9-16-54)10-19-57(77)76(44-49-21-33-81-34-22-49)59(56-20-25-73(3)69-56)60(79)64-43-48-6-11-50(63)12-7-48)30-36-83-39-38-82-35-23-52-45-75(70-68-52)31-37-84-40-41-86-55-17-13-51(14-18-55)65-61(80)67-62-66-53(46-87-62)42-58(78)74-28-26-72(2)27-29-74/h6-9,11-18,20,25,45-46,49,59H,4-5,10,19,21-24,26-44H2,1-3H3,(H,64,79)(H2,65,66,67,80). The number of thiazole rings is 1. The quantitative estimate of drug-likeness (QED) is 0.0344. The number of nitrogens with zero attached hydrogens (tertiary/aromatic N) is 10. The summed E-state index contributed by atoms with van der Waals surface area (Å²) in [7, 11) is 5.95. The van der Waals surface area contributed by atoms with E-state index in [2.05, 4.69) is 53.2 Å². The van der Waals surface area contributed by atoms with Gasteiger partial charge in [0.15, 0.2) is 11.2 Å². The van der Waals surface area contributed by atoms with Gasteiger partial charge >= 0.3 is 6.03 Å². The van der Waals surface area contributed by atoms with E-state index in [1.54, 1.807) is 62.2 Å². The number of hydrogen-bond acceptors (Lipinski definition) is 17. The van der Waals surface area contributed by atoms with Gasteiger partial charge in [0, 0.05) is 107 Å². The second-order valence-corrected chi connectivity index (χ2v) is 23.1. The molecule has 2 aliphatic rings. The van der Waals surface area contributed by atoms with Crippen LogP contribution in [-0.4, -0.2) is 199 Å². The fourth-order valence-electron chi connectivity index (χ4n) is 9.82. The van der Waals surface area contributed by atoms with Crippen LogP contribution in [0, 0.1) is 5.92 Å². The third kappa shape index (κ3) is 23.2. The van der Waals surface area contributed by atoms with E-state index in [1.165, 1.54) is 11.3 Å². The molecule has 2 saturated heterocycles. The molecule has 0 bridgehead atoms. The normalized spacial score (nSPS) is 14.2. The molecule has 3 N–H and O–H groups in total. The Balaban J connectivity index is 0.613. The summed E-state index contributed by atoms with van der Waals surface area (Å²) >= 11 is 7.38. The molecule has 23 nitrogen and oxygen atoms in total. The largest absolute Gasteiger partial charge is 0.494 e. The van der Waals surface area contributed by atoms with E-state index in [4.69, 9.17) is 40.0 Å². The molecule has 1 atom stereocenters. The highest BCUT2D eigenvalue weighted by Gasteiger charge is 2.35. The average Bonchev–Trinajstić information content (AvgIpc) is 3.33. The molecule has 0 spiro atoms. The number of urea groups is 1. The summed E-state index contributed by atoms with van der Waals surface area (Å²) in [6.07, 6.45) is 8.84. The van der Waals surface area contributed by atoms with Crippen LogP contribution in [0.15, 0.2) is 96.6 Å². The van der Waals surface area contributed by atoms with Crippen LogP contribution in [0.5, 0.6) is 11.5 Å². The van der Waals surface area contributed by atoms with Crippen molar-refractivity contribution in [2.75, 3.05) is 137 Å². The molecule has 470 valence electrons. The molecule has 2 fully saturated rings. The summed E-state index contributed by atoms with van der Waals surface area (Å²) in [6.45, 7) is 11.4. The highest BCUT2D eigenvalue weighted by Crippen LogP contribution is 2.27. The zero-order valence-electron chi connectivity index (χ0n) is 50.3. The zero-order chi connectivity index (χ0) is 61.0. The molecule has 0 radical (unpaired) electrons. The molecular formula is C62H84ClN13O10S. The number of anilines is 2. The van der Waals surface area contributed by atoms with E-state index in [1.807, 2.05) is 67.7 Å².